The van der Waals surface area contributed by atoms with Gasteiger partial charge in [-0.3, -0.25) is 19.4 Å². The number of nitrogens with zero attached hydrogens (tertiary/aromatic N) is 3. The molecule has 0 radical (unpaired) electrons. The molecule has 0 bridgehead atoms. The second kappa shape index (κ2) is 8.09. The summed E-state index contributed by atoms with van der Waals surface area (Å²) in [5, 5.41) is 0. The first-order valence-electron chi connectivity index (χ1n) is 11.3. The van der Waals surface area contributed by atoms with Gasteiger partial charge in [-0.1, -0.05) is 0 Å². The van der Waals surface area contributed by atoms with Gasteiger partial charge < -0.3 is 9.64 Å². The van der Waals surface area contributed by atoms with Gasteiger partial charge in [0, 0.05) is 48.0 Å². The van der Waals surface area contributed by atoms with E-state index >= 15 is 0 Å². The zero-order valence-corrected chi connectivity index (χ0v) is 21.3. The van der Waals surface area contributed by atoms with Crippen LogP contribution in [0.3, 0.4) is 0 Å². The molecule has 1 amide bonds. The highest BCUT2D eigenvalue weighted by Crippen LogP contribution is 2.40. The number of likely N-dealkylation sites (tertiary alicyclic amines) is 2. The minimum Gasteiger partial charge on any atom is -0.461 e. The Bertz CT molecular complexity index is 633. The van der Waals surface area contributed by atoms with Gasteiger partial charge in [0.25, 0.3) is 0 Å². The lowest BCUT2D eigenvalue weighted by atomic mass is 9.77. The number of ether oxygens (including phenoxy) is 1. The van der Waals surface area contributed by atoms with E-state index in [2.05, 4.69) is 79.3 Å². The van der Waals surface area contributed by atoms with E-state index in [1.807, 2.05) is 0 Å². The van der Waals surface area contributed by atoms with Crippen molar-refractivity contribution in [3.05, 3.63) is 0 Å². The molecular formula is C24H45N3O3. The molecule has 6 nitrogen and oxygen atoms in total. The molecule has 0 unspecified atom stereocenters. The Hall–Kier alpha value is -1.14. The highest BCUT2D eigenvalue weighted by Gasteiger charge is 2.47. The molecule has 0 N–H and O–H groups in total. The molecule has 174 valence electrons. The van der Waals surface area contributed by atoms with Gasteiger partial charge in [0.15, 0.2) is 0 Å². The molecule has 0 spiro atoms. The van der Waals surface area contributed by atoms with Crippen molar-refractivity contribution in [2.45, 2.75) is 122 Å². The molecule has 0 saturated carbocycles. The fraction of sp³-hybridized carbons (Fsp3) is 0.917. The van der Waals surface area contributed by atoms with Gasteiger partial charge in [0.1, 0.15) is 12.6 Å². The maximum absolute atomic E-state index is 12.9. The van der Waals surface area contributed by atoms with Crippen LogP contribution in [0.5, 0.6) is 0 Å². The molecule has 0 aromatic rings. The number of esters is 1. The van der Waals surface area contributed by atoms with E-state index in [1.54, 1.807) is 11.8 Å². The lowest BCUT2D eigenvalue weighted by Gasteiger charge is -2.55. The van der Waals surface area contributed by atoms with Gasteiger partial charge in [-0.15, -0.1) is 0 Å². The molecule has 2 fully saturated rings. The second-order valence-corrected chi connectivity index (χ2v) is 12.1. The average Bonchev–Trinajstić information content (AvgIpc) is 2.54. The van der Waals surface area contributed by atoms with Crippen LogP contribution in [-0.4, -0.2) is 81.5 Å². The monoisotopic (exact) mass is 423 g/mol. The van der Waals surface area contributed by atoms with Crippen molar-refractivity contribution in [3.8, 4) is 0 Å². The molecule has 0 aromatic carbocycles. The molecule has 2 rings (SSSR count). The van der Waals surface area contributed by atoms with Crippen LogP contribution in [0.15, 0.2) is 0 Å². The molecule has 2 aliphatic rings. The van der Waals surface area contributed by atoms with Crippen LogP contribution in [-0.2, 0) is 14.3 Å². The molecule has 2 aliphatic heterocycles. The standard InChI is InChI=1S/C24H45N3O3/c1-17(28)27(18-12-21(2,3)25(10)22(4,5)13-18)16-20(29)30-19-14-23(6,7)26(11)24(8,9)15-19/h18-19H,12-16H2,1-11H3. The van der Waals surface area contributed by atoms with Crippen LogP contribution in [0.4, 0.5) is 0 Å². The smallest absolute Gasteiger partial charge is 0.325 e. The first-order chi connectivity index (χ1) is 13.4. The zero-order chi connectivity index (χ0) is 23.3. The van der Waals surface area contributed by atoms with Crippen LogP contribution in [0.1, 0.15) is 88.0 Å². The lowest BCUT2D eigenvalue weighted by molar-refractivity contribution is -0.164. The minimum atomic E-state index is -0.291. The largest absolute Gasteiger partial charge is 0.461 e. The van der Waals surface area contributed by atoms with Crippen LogP contribution in [0, 0.1) is 0 Å². The third-order valence-corrected chi connectivity index (χ3v) is 8.00. The highest BCUT2D eigenvalue weighted by atomic mass is 16.5. The average molecular weight is 424 g/mol. The van der Waals surface area contributed by atoms with E-state index in [4.69, 9.17) is 4.74 Å². The van der Waals surface area contributed by atoms with Gasteiger partial charge in [0.2, 0.25) is 5.91 Å². The summed E-state index contributed by atoms with van der Waals surface area (Å²) in [6.45, 7) is 19.2. The highest BCUT2D eigenvalue weighted by molar-refractivity contribution is 5.81. The fourth-order valence-electron chi connectivity index (χ4n) is 5.76. The number of piperidine rings is 2. The van der Waals surface area contributed by atoms with Crippen LogP contribution >= 0.6 is 0 Å². The first-order valence-corrected chi connectivity index (χ1v) is 11.3. The number of carbonyl (C=O) groups excluding carboxylic acids is 2. The minimum absolute atomic E-state index is 0.0293. The van der Waals surface area contributed by atoms with E-state index in [0.29, 0.717) is 0 Å². The summed E-state index contributed by atoms with van der Waals surface area (Å²) in [7, 11) is 4.28. The van der Waals surface area contributed by atoms with Crippen molar-refractivity contribution in [2.24, 2.45) is 0 Å². The Morgan fingerprint density at radius 1 is 0.800 bits per heavy atom. The number of amides is 1. The van der Waals surface area contributed by atoms with Gasteiger partial charge in [-0.05, 0) is 82.3 Å². The Morgan fingerprint density at radius 2 is 1.17 bits per heavy atom. The van der Waals surface area contributed by atoms with Crippen molar-refractivity contribution >= 4 is 11.9 Å². The van der Waals surface area contributed by atoms with E-state index in [-0.39, 0.29) is 52.7 Å². The molecule has 6 heteroatoms. The van der Waals surface area contributed by atoms with E-state index in [1.165, 1.54) is 0 Å². The molecule has 2 heterocycles. The third kappa shape index (κ3) is 5.18. The Kier molecular flexibility index (Phi) is 6.77. The SMILES string of the molecule is CC(=O)N(CC(=O)OC1CC(C)(C)N(C)C(C)(C)C1)C1CC(C)(C)N(C)C(C)(C)C1. The summed E-state index contributed by atoms with van der Waals surface area (Å²) in [5.41, 5.74) is -0.192. The van der Waals surface area contributed by atoms with E-state index in [9.17, 15) is 9.59 Å². The molecule has 0 aliphatic carbocycles. The van der Waals surface area contributed by atoms with Gasteiger partial charge >= 0.3 is 5.97 Å². The molecule has 0 aromatic heterocycles. The zero-order valence-electron chi connectivity index (χ0n) is 21.3. The van der Waals surface area contributed by atoms with Crippen LogP contribution < -0.4 is 0 Å². The normalized spacial score (nSPS) is 26.9. The van der Waals surface area contributed by atoms with Gasteiger partial charge in [-0.25, -0.2) is 0 Å². The van der Waals surface area contributed by atoms with Crippen molar-refractivity contribution < 1.29 is 14.3 Å². The summed E-state index contributed by atoms with van der Waals surface area (Å²) in [4.78, 5) is 31.9. The van der Waals surface area contributed by atoms with Gasteiger partial charge in [-0.2, -0.15) is 0 Å². The topological polar surface area (TPSA) is 53.1 Å². The summed E-state index contributed by atoms with van der Waals surface area (Å²) in [5.74, 6) is -0.349. The summed E-state index contributed by atoms with van der Waals surface area (Å²) in [6, 6.07) is 0.0293. The molecule has 30 heavy (non-hydrogen) atoms. The Labute approximate surface area is 184 Å². The fourth-order valence-corrected chi connectivity index (χ4v) is 5.76. The van der Waals surface area contributed by atoms with Crippen molar-refractivity contribution in [3.63, 3.8) is 0 Å². The lowest BCUT2D eigenvalue weighted by Crippen LogP contribution is -2.63. The summed E-state index contributed by atoms with van der Waals surface area (Å²) < 4.78 is 5.94. The molecule has 0 atom stereocenters. The number of hydrogen-bond acceptors (Lipinski definition) is 5. The first kappa shape index (κ1) is 25.1. The molecular weight excluding hydrogens is 378 g/mol. The molecule has 2 saturated heterocycles. The maximum atomic E-state index is 12.9. The van der Waals surface area contributed by atoms with Crippen molar-refractivity contribution in [1.29, 1.82) is 0 Å². The van der Waals surface area contributed by atoms with E-state index in [0.717, 1.165) is 25.7 Å². The Balaban J connectivity index is 2.11. The van der Waals surface area contributed by atoms with E-state index < -0.39 is 0 Å². The van der Waals surface area contributed by atoms with Gasteiger partial charge in [0.05, 0.1) is 0 Å². The maximum Gasteiger partial charge on any atom is 0.325 e. The number of carbonyl (C=O) groups is 2. The van der Waals surface area contributed by atoms with Crippen LogP contribution in [0.2, 0.25) is 0 Å². The number of hydrogen-bond donors (Lipinski definition) is 0. The summed E-state index contributed by atoms with van der Waals surface area (Å²) >= 11 is 0. The predicted molar refractivity (Wildman–Crippen MR) is 121 cm³/mol. The third-order valence-electron chi connectivity index (χ3n) is 8.00. The number of rotatable bonds is 4. The van der Waals surface area contributed by atoms with Crippen molar-refractivity contribution in [2.75, 3.05) is 20.6 Å². The predicted octanol–water partition coefficient (Wildman–Crippen LogP) is 3.68. The van der Waals surface area contributed by atoms with Crippen molar-refractivity contribution in [1.82, 2.24) is 14.7 Å². The Morgan fingerprint density at radius 3 is 1.53 bits per heavy atom. The summed E-state index contributed by atoms with van der Waals surface area (Å²) in [6.07, 6.45) is 3.15. The second-order valence-electron chi connectivity index (χ2n) is 12.1. The van der Waals surface area contributed by atoms with Crippen LogP contribution in [0.25, 0.3) is 0 Å². The quantitative estimate of drug-likeness (QED) is 0.646.